The van der Waals surface area contributed by atoms with Gasteiger partial charge in [-0.25, -0.2) is 4.79 Å². The van der Waals surface area contributed by atoms with Crippen LogP contribution in [0.25, 0.3) is 0 Å². The molecule has 10 nitrogen and oxygen atoms in total. The zero-order valence-electron chi connectivity index (χ0n) is 42.6. The first-order valence-corrected chi connectivity index (χ1v) is 26.0. The van der Waals surface area contributed by atoms with Crippen LogP contribution in [0.5, 0.6) is 0 Å². The molecule has 0 saturated carbocycles. The van der Waals surface area contributed by atoms with Gasteiger partial charge >= 0.3 is 18.1 Å². The Hall–Kier alpha value is -2.95. The van der Waals surface area contributed by atoms with Gasteiger partial charge < -0.3 is 33.3 Å². The van der Waals surface area contributed by atoms with Crippen molar-refractivity contribution in [3.63, 3.8) is 0 Å². The van der Waals surface area contributed by atoms with Gasteiger partial charge in [0.05, 0.1) is 12.3 Å². The van der Waals surface area contributed by atoms with Gasteiger partial charge in [0.2, 0.25) is 0 Å². The molecule has 0 radical (unpaired) electrons. The van der Waals surface area contributed by atoms with Crippen molar-refractivity contribution in [3.05, 3.63) is 47.6 Å². The first-order valence-electron chi connectivity index (χ1n) is 26.0. The van der Waals surface area contributed by atoms with Gasteiger partial charge in [-0.15, -0.1) is 0 Å². The summed E-state index contributed by atoms with van der Waals surface area (Å²) in [7, 11) is 2.14. The zero-order chi connectivity index (χ0) is 47.5. The van der Waals surface area contributed by atoms with E-state index in [4.69, 9.17) is 28.4 Å². The number of piperidine rings is 1. The lowest BCUT2D eigenvalue weighted by Crippen LogP contribution is -2.43. The van der Waals surface area contributed by atoms with Gasteiger partial charge in [-0.05, 0) is 136 Å². The molecule has 0 aromatic heterocycles. The number of esters is 2. The van der Waals surface area contributed by atoms with Gasteiger partial charge in [-0.3, -0.25) is 9.59 Å². The van der Waals surface area contributed by atoms with Crippen molar-refractivity contribution in [2.75, 3.05) is 40.1 Å². The summed E-state index contributed by atoms with van der Waals surface area (Å²) in [4.78, 5) is 41.2. The summed E-state index contributed by atoms with van der Waals surface area (Å²) in [5, 5.41) is 0. The van der Waals surface area contributed by atoms with E-state index in [-0.39, 0.29) is 38.3 Å². The monoisotopic (exact) mass is 914 g/mol. The predicted molar refractivity (Wildman–Crippen MR) is 265 cm³/mol. The van der Waals surface area contributed by atoms with Gasteiger partial charge in [0.1, 0.15) is 25.9 Å². The average molecular weight is 914 g/mol. The molecule has 374 valence electrons. The molecule has 2 fully saturated rings. The van der Waals surface area contributed by atoms with Crippen LogP contribution < -0.4 is 0 Å². The normalized spacial score (nSPS) is 19.2. The number of nitrogens with zero attached hydrogens (tertiary/aromatic N) is 1. The molecule has 0 aromatic carbocycles. The van der Waals surface area contributed by atoms with Crippen LogP contribution in [0.2, 0.25) is 0 Å². The molecule has 4 unspecified atom stereocenters. The minimum Gasteiger partial charge on any atom is -0.465 e. The molecule has 0 spiro atoms. The topological polar surface area (TPSA) is 110 Å². The van der Waals surface area contributed by atoms with Gasteiger partial charge in [0.15, 0.2) is 6.29 Å². The molecule has 0 aliphatic carbocycles. The highest BCUT2D eigenvalue weighted by Gasteiger charge is 2.40. The van der Waals surface area contributed by atoms with E-state index in [9.17, 15) is 14.4 Å². The maximum atomic E-state index is 13.2. The number of unbranched alkanes of at least 4 members (excludes halogenated alkanes) is 8. The quantitative estimate of drug-likeness (QED) is 0.0195. The molecule has 0 amide bonds. The van der Waals surface area contributed by atoms with E-state index >= 15 is 0 Å². The Morgan fingerprint density at radius 2 is 1.11 bits per heavy atom. The number of rotatable bonds is 38. The fraction of sp³-hybridized carbons (Fsp3) is 0.800. The van der Waals surface area contributed by atoms with Gasteiger partial charge in [0, 0.05) is 51.0 Å². The second kappa shape index (κ2) is 37.1. The van der Waals surface area contributed by atoms with Crippen molar-refractivity contribution in [2.24, 2.45) is 17.8 Å². The molecule has 2 rings (SSSR count). The molecule has 2 heterocycles. The number of carbonyl (C=O) groups excluding carboxylic acids is 3. The third-order valence-electron chi connectivity index (χ3n) is 12.9. The molecule has 2 aliphatic heterocycles. The minimum absolute atomic E-state index is 0.0233. The van der Waals surface area contributed by atoms with E-state index in [0.29, 0.717) is 50.0 Å². The number of allylic oxidation sites excluding steroid dienone is 8. The molecule has 2 bridgehead atoms. The van der Waals surface area contributed by atoms with Crippen LogP contribution >= 0.6 is 0 Å². The summed E-state index contributed by atoms with van der Waals surface area (Å²) in [6, 6.07) is 0.853. The van der Waals surface area contributed by atoms with Crippen molar-refractivity contribution in [1.82, 2.24) is 4.90 Å². The smallest absolute Gasteiger partial charge is 0.465 e. The second-order valence-corrected chi connectivity index (χ2v) is 19.8. The number of fused-ring (bicyclic) bond motifs is 2. The van der Waals surface area contributed by atoms with Crippen molar-refractivity contribution in [3.8, 4) is 0 Å². The Kier molecular flexibility index (Phi) is 33.2. The minimum atomic E-state index is -0.735. The summed E-state index contributed by atoms with van der Waals surface area (Å²) in [6.07, 6.45) is 35.2. The highest BCUT2D eigenvalue weighted by molar-refractivity contribution is 5.69. The van der Waals surface area contributed by atoms with Crippen molar-refractivity contribution < 1.29 is 42.8 Å². The zero-order valence-corrected chi connectivity index (χ0v) is 42.6. The summed E-state index contributed by atoms with van der Waals surface area (Å²) < 4.78 is 35.1. The van der Waals surface area contributed by atoms with E-state index in [2.05, 4.69) is 96.9 Å². The summed E-state index contributed by atoms with van der Waals surface area (Å²) in [5.41, 5.74) is 2.67. The van der Waals surface area contributed by atoms with Crippen molar-refractivity contribution in [2.45, 2.75) is 227 Å². The Morgan fingerprint density at radius 1 is 0.600 bits per heavy atom. The highest BCUT2D eigenvalue weighted by Crippen LogP contribution is 2.35. The first-order chi connectivity index (χ1) is 31.4. The Bertz CT molecular complexity index is 1330. The maximum Gasteiger partial charge on any atom is 0.508 e. The molecule has 10 heteroatoms. The SMILES string of the molecule is CCCCC/C=C\C/C=C\CCCCCCCC(=O)OCC(COC(=O)CCC(OCCC(C)CCC=C(C)C)OCCC(C)CCC=C(C)C)COC(=O)OC1C[C@H]2CC[C@@H](C1)N2C. The van der Waals surface area contributed by atoms with Crippen LogP contribution in [0.4, 0.5) is 4.79 Å². The van der Waals surface area contributed by atoms with E-state index in [1.54, 1.807) is 0 Å². The lowest BCUT2D eigenvalue weighted by atomic mass is 10.0. The molecule has 2 saturated heterocycles. The number of ether oxygens (including phenoxy) is 6. The summed E-state index contributed by atoms with van der Waals surface area (Å²) in [5.74, 6) is -0.213. The molecule has 0 aromatic rings. The largest absolute Gasteiger partial charge is 0.508 e. The lowest BCUT2D eigenvalue weighted by molar-refractivity contribution is -0.162. The number of hydrogen-bond acceptors (Lipinski definition) is 10. The highest BCUT2D eigenvalue weighted by atomic mass is 16.7. The fourth-order valence-corrected chi connectivity index (χ4v) is 8.46. The van der Waals surface area contributed by atoms with Gasteiger partial charge in [-0.2, -0.15) is 0 Å². The molecule has 6 atom stereocenters. The van der Waals surface area contributed by atoms with Crippen LogP contribution in [0, 0.1) is 17.8 Å². The molecular weight excluding hydrogens is 819 g/mol. The van der Waals surface area contributed by atoms with Crippen molar-refractivity contribution >= 4 is 18.1 Å². The fourth-order valence-electron chi connectivity index (χ4n) is 8.46. The molecule has 2 aliphatic rings. The predicted octanol–water partition coefficient (Wildman–Crippen LogP) is 14.0. The second-order valence-electron chi connectivity index (χ2n) is 19.8. The Labute approximate surface area is 397 Å². The van der Waals surface area contributed by atoms with E-state index < -0.39 is 24.3 Å². The molecule has 0 N–H and O–H groups in total. The summed E-state index contributed by atoms with van der Waals surface area (Å²) >= 11 is 0. The van der Waals surface area contributed by atoms with Gasteiger partial charge in [-0.1, -0.05) is 100 Å². The van der Waals surface area contributed by atoms with E-state index in [0.717, 1.165) is 109 Å². The van der Waals surface area contributed by atoms with Crippen molar-refractivity contribution in [1.29, 1.82) is 0 Å². The molecular formula is C55H95NO9. The average Bonchev–Trinajstić information content (AvgIpc) is 3.45. The Balaban J connectivity index is 1.84. The maximum absolute atomic E-state index is 13.2. The first kappa shape index (κ1) is 58.2. The third-order valence-corrected chi connectivity index (χ3v) is 12.9. The van der Waals surface area contributed by atoms with Crippen LogP contribution in [-0.2, 0) is 38.0 Å². The number of hydrogen-bond donors (Lipinski definition) is 0. The van der Waals surface area contributed by atoms with Crippen LogP contribution in [0.1, 0.15) is 203 Å². The molecule has 65 heavy (non-hydrogen) atoms. The van der Waals surface area contributed by atoms with E-state index in [1.165, 1.54) is 36.8 Å². The van der Waals surface area contributed by atoms with Gasteiger partial charge in [0.25, 0.3) is 0 Å². The van der Waals surface area contributed by atoms with Crippen LogP contribution in [0.3, 0.4) is 0 Å². The van der Waals surface area contributed by atoms with E-state index in [1.807, 2.05) is 0 Å². The van der Waals surface area contributed by atoms with Crippen LogP contribution in [-0.4, -0.2) is 87.6 Å². The van der Waals surface area contributed by atoms with Crippen LogP contribution in [0.15, 0.2) is 47.6 Å². The lowest BCUT2D eigenvalue weighted by Gasteiger charge is -2.35. The number of carbonyl (C=O) groups is 3. The third kappa shape index (κ3) is 30.9. The summed E-state index contributed by atoms with van der Waals surface area (Å²) in [6.45, 7) is 16.2. The standard InChI is InChI=1S/C55H95NO9/c1-9-10-11-12-13-14-15-16-17-18-19-20-21-22-23-30-52(57)62-41-48(43-64-55(59)65-51-39-49-31-32-50(40-51)56(49)8)42-63-53(58)33-34-54(60-37-35-46(6)28-24-26-44(2)3)61-38-36-47(7)29-25-27-45(4)5/h13-14,16-17,26-27,46-51,54H,9-12,15,18-25,28-43H2,1-8H3/b14-13-,17-16-/t46?,47?,48?,49-,50+,51?,54?. The Morgan fingerprint density at radius 3 is 1.66 bits per heavy atom.